The summed E-state index contributed by atoms with van der Waals surface area (Å²) in [6.45, 7) is 1.74. The van der Waals surface area contributed by atoms with Crippen LogP contribution in [0.4, 0.5) is 11.4 Å². The molecule has 1 aromatic heterocycles. The van der Waals surface area contributed by atoms with Gasteiger partial charge in [-0.05, 0) is 56.4 Å². The monoisotopic (exact) mass is 382 g/mol. The first-order chi connectivity index (χ1) is 13.0. The van der Waals surface area contributed by atoms with Gasteiger partial charge in [-0.2, -0.15) is 5.26 Å². The van der Waals surface area contributed by atoms with Crippen LogP contribution in [0.2, 0.25) is 0 Å². The Kier molecular flexibility index (Phi) is 5.72. The molecule has 0 aliphatic heterocycles. The van der Waals surface area contributed by atoms with Crippen molar-refractivity contribution < 1.29 is 9.72 Å². The first kappa shape index (κ1) is 18.9. The number of nitro benzene ring substituents is 1. The first-order valence-electron chi connectivity index (χ1n) is 8.63. The van der Waals surface area contributed by atoms with Crippen molar-refractivity contribution in [2.24, 2.45) is 0 Å². The number of thioether (sulfide) groups is 1. The molecule has 27 heavy (non-hydrogen) atoms. The number of anilines is 1. The van der Waals surface area contributed by atoms with Gasteiger partial charge in [-0.15, -0.1) is 0 Å². The number of carbonyl (C=O) groups is 1. The van der Waals surface area contributed by atoms with Crippen LogP contribution in [0.25, 0.3) is 0 Å². The molecule has 1 aliphatic rings. The maximum absolute atomic E-state index is 12.4. The van der Waals surface area contributed by atoms with Gasteiger partial charge in [0.15, 0.2) is 0 Å². The second-order valence-electron chi connectivity index (χ2n) is 6.32. The van der Waals surface area contributed by atoms with E-state index in [1.165, 1.54) is 36.0 Å². The summed E-state index contributed by atoms with van der Waals surface area (Å²) in [6, 6.07) is 9.73. The van der Waals surface area contributed by atoms with Gasteiger partial charge in [0, 0.05) is 23.5 Å². The minimum Gasteiger partial charge on any atom is -0.325 e. The SMILES string of the molecule is CC(Sc1nc2c(cc1C#N)CCCC2)C(=O)Nc1ccc([N+](=O)[O-])cc1. The molecule has 1 N–H and O–H groups in total. The maximum Gasteiger partial charge on any atom is 0.269 e. The molecule has 0 spiro atoms. The van der Waals surface area contributed by atoms with Gasteiger partial charge < -0.3 is 5.32 Å². The zero-order valence-electron chi connectivity index (χ0n) is 14.8. The van der Waals surface area contributed by atoms with E-state index in [0.29, 0.717) is 16.3 Å². The smallest absolute Gasteiger partial charge is 0.269 e. The van der Waals surface area contributed by atoms with Gasteiger partial charge in [0.1, 0.15) is 11.1 Å². The number of aryl methyl sites for hydroxylation is 2. The van der Waals surface area contributed by atoms with Crippen LogP contribution >= 0.6 is 11.8 Å². The molecule has 2 aromatic rings. The summed E-state index contributed by atoms with van der Waals surface area (Å²) in [5.74, 6) is -0.253. The molecular formula is C19H18N4O3S. The number of amides is 1. The van der Waals surface area contributed by atoms with E-state index in [1.54, 1.807) is 6.92 Å². The van der Waals surface area contributed by atoms with Crippen molar-refractivity contribution >= 4 is 29.0 Å². The number of fused-ring (bicyclic) bond motifs is 1. The van der Waals surface area contributed by atoms with Gasteiger partial charge in [0.2, 0.25) is 5.91 Å². The molecule has 1 unspecified atom stereocenters. The van der Waals surface area contributed by atoms with Gasteiger partial charge in [-0.3, -0.25) is 14.9 Å². The lowest BCUT2D eigenvalue weighted by molar-refractivity contribution is -0.384. The Bertz CT molecular complexity index is 922. The minimum absolute atomic E-state index is 0.0349. The Labute approximate surface area is 161 Å². The number of hydrogen-bond acceptors (Lipinski definition) is 6. The van der Waals surface area contributed by atoms with Gasteiger partial charge in [-0.1, -0.05) is 11.8 Å². The summed E-state index contributed by atoms with van der Waals surface area (Å²) < 4.78 is 0. The number of pyridine rings is 1. The Morgan fingerprint density at radius 1 is 1.33 bits per heavy atom. The number of rotatable bonds is 5. The first-order valence-corrected chi connectivity index (χ1v) is 9.51. The Morgan fingerprint density at radius 3 is 2.70 bits per heavy atom. The summed E-state index contributed by atoms with van der Waals surface area (Å²) in [6.07, 6.45) is 4.04. The average molecular weight is 382 g/mol. The van der Waals surface area contributed by atoms with E-state index in [-0.39, 0.29) is 11.6 Å². The van der Waals surface area contributed by atoms with Crippen molar-refractivity contribution in [2.45, 2.75) is 42.9 Å². The van der Waals surface area contributed by atoms with E-state index in [1.807, 2.05) is 6.07 Å². The highest BCUT2D eigenvalue weighted by molar-refractivity contribution is 8.00. The molecule has 0 saturated heterocycles. The third-order valence-corrected chi connectivity index (χ3v) is 5.49. The van der Waals surface area contributed by atoms with Crippen molar-refractivity contribution in [2.75, 3.05) is 5.32 Å². The van der Waals surface area contributed by atoms with Crippen LogP contribution in [0, 0.1) is 21.4 Å². The Balaban J connectivity index is 1.71. The van der Waals surface area contributed by atoms with Gasteiger partial charge in [0.05, 0.1) is 15.7 Å². The molecule has 0 radical (unpaired) electrons. The van der Waals surface area contributed by atoms with Gasteiger partial charge >= 0.3 is 0 Å². The van der Waals surface area contributed by atoms with Crippen LogP contribution in [-0.2, 0) is 17.6 Å². The number of carbonyl (C=O) groups excluding carboxylic acids is 1. The van der Waals surface area contributed by atoms with Crippen LogP contribution in [0.15, 0.2) is 35.4 Å². The fraction of sp³-hybridized carbons (Fsp3) is 0.316. The number of non-ortho nitro benzene ring substituents is 1. The van der Waals surface area contributed by atoms with E-state index >= 15 is 0 Å². The quantitative estimate of drug-likeness (QED) is 0.478. The number of nitriles is 1. The van der Waals surface area contributed by atoms with Crippen LogP contribution in [-0.4, -0.2) is 21.1 Å². The fourth-order valence-corrected chi connectivity index (χ4v) is 3.81. The average Bonchev–Trinajstić information content (AvgIpc) is 2.67. The molecule has 0 fully saturated rings. The molecular weight excluding hydrogens is 364 g/mol. The zero-order chi connectivity index (χ0) is 19.4. The molecule has 3 rings (SSSR count). The zero-order valence-corrected chi connectivity index (χ0v) is 15.6. The topological polar surface area (TPSA) is 109 Å². The van der Waals surface area contributed by atoms with E-state index in [2.05, 4.69) is 16.4 Å². The second kappa shape index (κ2) is 8.18. The van der Waals surface area contributed by atoms with Crippen LogP contribution < -0.4 is 5.32 Å². The molecule has 138 valence electrons. The van der Waals surface area contributed by atoms with E-state index in [4.69, 9.17) is 0 Å². The lowest BCUT2D eigenvalue weighted by atomic mass is 9.95. The Hall–Kier alpha value is -2.92. The van der Waals surface area contributed by atoms with E-state index < -0.39 is 10.2 Å². The molecule has 8 heteroatoms. The molecule has 0 saturated carbocycles. The predicted octanol–water partition coefficient (Wildman–Crippen LogP) is 3.86. The van der Waals surface area contributed by atoms with Crippen molar-refractivity contribution in [3.8, 4) is 6.07 Å². The number of benzene rings is 1. The van der Waals surface area contributed by atoms with Gasteiger partial charge in [-0.25, -0.2) is 4.98 Å². The lowest BCUT2D eigenvalue weighted by Gasteiger charge is -2.18. The van der Waals surface area contributed by atoms with E-state index in [0.717, 1.165) is 36.9 Å². The van der Waals surface area contributed by atoms with E-state index in [9.17, 15) is 20.2 Å². The Morgan fingerprint density at radius 2 is 2.04 bits per heavy atom. The van der Waals surface area contributed by atoms with Crippen LogP contribution in [0.1, 0.15) is 36.6 Å². The molecule has 1 aliphatic carbocycles. The number of nitrogens with zero attached hydrogens (tertiary/aromatic N) is 3. The molecule has 1 aromatic carbocycles. The summed E-state index contributed by atoms with van der Waals surface area (Å²) in [5.41, 5.74) is 3.09. The van der Waals surface area contributed by atoms with Crippen molar-refractivity contribution in [3.63, 3.8) is 0 Å². The third-order valence-electron chi connectivity index (χ3n) is 4.39. The van der Waals surface area contributed by atoms with Crippen LogP contribution in [0.5, 0.6) is 0 Å². The molecule has 1 atom stereocenters. The van der Waals surface area contributed by atoms with Crippen molar-refractivity contribution in [1.29, 1.82) is 5.26 Å². The summed E-state index contributed by atoms with van der Waals surface area (Å²) in [5, 5.41) is 22.9. The lowest BCUT2D eigenvalue weighted by Crippen LogP contribution is -2.22. The highest BCUT2D eigenvalue weighted by atomic mass is 32.2. The molecule has 0 bridgehead atoms. The highest BCUT2D eigenvalue weighted by Crippen LogP contribution is 2.30. The van der Waals surface area contributed by atoms with Crippen LogP contribution in [0.3, 0.4) is 0 Å². The number of aromatic nitrogens is 1. The number of nitro groups is 1. The third kappa shape index (κ3) is 4.44. The molecule has 7 nitrogen and oxygen atoms in total. The second-order valence-corrected chi connectivity index (χ2v) is 7.65. The largest absolute Gasteiger partial charge is 0.325 e. The standard InChI is InChI=1S/C19H18N4O3S/c1-12(18(24)21-15-6-8-16(9-7-15)23(25)26)27-19-14(11-20)10-13-4-2-3-5-17(13)22-19/h6-10,12H,2-5H2,1H3,(H,21,24). The fourth-order valence-electron chi connectivity index (χ4n) is 2.92. The molecule has 1 heterocycles. The van der Waals surface area contributed by atoms with Crippen molar-refractivity contribution in [3.05, 3.63) is 57.3 Å². The summed E-state index contributed by atoms with van der Waals surface area (Å²) in [4.78, 5) is 27.3. The predicted molar refractivity (Wildman–Crippen MR) is 103 cm³/mol. The van der Waals surface area contributed by atoms with Gasteiger partial charge in [0.25, 0.3) is 5.69 Å². The van der Waals surface area contributed by atoms with Crippen molar-refractivity contribution in [1.82, 2.24) is 4.98 Å². The number of nitrogens with one attached hydrogen (secondary N) is 1. The normalized spacial score (nSPS) is 13.9. The summed E-state index contributed by atoms with van der Waals surface area (Å²) >= 11 is 1.25. The molecule has 1 amide bonds. The maximum atomic E-state index is 12.4. The highest BCUT2D eigenvalue weighted by Gasteiger charge is 2.21. The number of hydrogen-bond donors (Lipinski definition) is 1. The minimum atomic E-state index is -0.491. The summed E-state index contributed by atoms with van der Waals surface area (Å²) in [7, 11) is 0.